The normalized spacial score (nSPS) is 14.4. The molecule has 1 aromatic rings. The molecule has 1 aliphatic heterocycles. The van der Waals surface area contributed by atoms with Gasteiger partial charge >= 0.3 is 6.18 Å². The third-order valence-electron chi connectivity index (χ3n) is 2.93. The van der Waals surface area contributed by atoms with E-state index in [1.165, 1.54) is 18.3 Å². The minimum atomic E-state index is -4.41. The summed E-state index contributed by atoms with van der Waals surface area (Å²) in [6.45, 7) is 1.72. The van der Waals surface area contributed by atoms with Crippen LogP contribution in [0, 0.1) is 0 Å². The van der Waals surface area contributed by atoms with Gasteiger partial charge in [-0.25, -0.2) is 4.98 Å². The molecule has 1 aliphatic rings. The zero-order valence-corrected chi connectivity index (χ0v) is 11.3. The third-order valence-corrected chi connectivity index (χ3v) is 2.93. The number of amides is 1. The molecule has 0 aromatic carbocycles. The minimum Gasteiger partial charge on any atom is -0.468 e. The van der Waals surface area contributed by atoms with Gasteiger partial charge in [0.1, 0.15) is 0 Å². The van der Waals surface area contributed by atoms with E-state index in [0.717, 1.165) is 5.57 Å². The first-order chi connectivity index (χ1) is 9.85. The molecule has 8 heteroatoms. The van der Waals surface area contributed by atoms with Crippen LogP contribution in [0.2, 0.25) is 0 Å². The van der Waals surface area contributed by atoms with Crippen molar-refractivity contribution in [3.05, 3.63) is 29.5 Å². The van der Waals surface area contributed by atoms with Gasteiger partial charge in [0.15, 0.2) is 6.61 Å². The van der Waals surface area contributed by atoms with Crippen LogP contribution in [0.3, 0.4) is 0 Å². The molecule has 1 amide bonds. The van der Waals surface area contributed by atoms with E-state index in [-0.39, 0.29) is 11.8 Å². The van der Waals surface area contributed by atoms with Gasteiger partial charge in [-0.2, -0.15) is 13.2 Å². The molecular formula is C13H14F3N3O2. The Balaban J connectivity index is 1.92. The Hall–Kier alpha value is -2.09. The van der Waals surface area contributed by atoms with Crippen LogP contribution >= 0.6 is 0 Å². The first-order valence-corrected chi connectivity index (χ1v) is 6.21. The Labute approximate surface area is 119 Å². The molecule has 2 N–H and O–H groups in total. The highest BCUT2D eigenvalue weighted by atomic mass is 19.4. The highest BCUT2D eigenvalue weighted by Crippen LogP contribution is 2.18. The summed E-state index contributed by atoms with van der Waals surface area (Å²) < 4.78 is 40.4. The number of carbonyl (C=O) groups excluding carboxylic acids is 1. The zero-order valence-electron chi connectivity index (χ0n) is 11.3. The molecule has 114 valence electrons. The highest BCUT2D eigenvalue weighted by Gasteiger charge is 2.28. The number of anilines is 1. The van der Waals surface area contributed by atoms with Gasteiger partial charge in [-0.1, -0.05) is 0 Å². The fraction of sp³-hybridized carbons (Fsp3) is 0.385. The van der Waals surface area contributed by atoms with E-state index in [4.69, 9.17) is 0 Å². The van der Waals surface area contributed by atoms with Gasteiger partial charge in [-0.05, 0) is 18.6 Å². The van der Waals surface area contributed by atoms with Crippen molar-refractivity contribution in [1.82, 2.24) is 10.3 Å². The summed E-state index contributed by atoms with van der Waals surface area (Å²) in [6.07, 6.45) is -3.16. The van der Waals surface area contributed by atoms with Crippen LogP contribution in [0.1, 0.15) is 6.92 Å². The average molecular weight is 301 g/mol. The molecule has 0 unspecified atom stereocenters. The van der Waals surface area contributed by atoms with Crippen molar-refractivity contribution in [2.75, 3.05) is 25.0 Å². The van der Waals surface area contributed by atoms with Crippen molar-refractivity contribution in [1.29, 1.82) is 0 Å². The van der Waals surface area contributed by atoms with E-state index < -0.39 is 12.8 Å². The number of hydrogen-bond acceptors (Lipinski definition) is 4. The number of carbonyl (C=O) groups is 1. The summed E-state index contributed by atoms with van der Waals surface area (Å²) in [5, 5.41) is 5.66. The van der Waals surface area contributed by atoms with Crippen molar-refractivity contribution < 1.29 is 22.7 Å². The Morgan fingerprint density at radius 1 is 1.43 bits per heavy atom. The Morgan fingerprint density at radius 2 is 2.14 bits per heavy atom. The number of aromatic nitrogens is 1. The lowest BCUT2D eigenvalue weighted by Gasteiger charge is -2.21. The molecule has 0 saturated carbocycles. The molecule has 1 saturated heterocycles. The molecule has 0 bridgehead atoms. The highest BCUT2D eigenvalue weighted by molar-refractivity contribution is 6.04. The summed E-state index contributed by atoms with van der Waals surface area (Å²) in [5.74, 6) is -0.402. The first-order valence-electron chi connectivity index (χ1n) is 6.21. The van der Waals surface area contributed by atoms with E-state index in [9.17, 15) is 18.0 Å². The summed E-state index contributed by atoms with van der Waals surface area (Å²) >= 11 is 0. The Morgan fingerprint density at radius 3 is 2.62 bits per heavy atom. The lowest BCUT2D eigenvalue weighted by Crippen LogP contribution is -2.36. The Bertz CT molecular complexity index is 547. The van der Waals surface area contributed by atoms with Crippen LogP contribution in [-0.4, -0.2) is 36.8 Å². The number of rotatable bonds is 4. The maximum Gasteiger partial charge on any atom is 0.422 e. The number of hydrogen-bond donors (Lipinski definition) is 2. The summed E-state index contributed by atoms with van der Waals surface area (Å²) in [5.41, 5.74) is 2.06. The van der Waals surface area contributed by atoms with E-state index in [1.807, 2.05) is 0 Å². The maximum atomic E-state index is 12.0. The molecule has 1 aromatic heterocycles. The van der Waals surface area contributed by atoms with Crippen molar-refractivity contribution in [2.24, 2.45) is 0 Å². The van der Waals surface area contributed by atoms with Crippen molar-refractivity contribution in [2.45, 2.75) is 13.1 Å². The number of halogens is 3. The zero-order chi connectivity index (χ0) is 15.5. The van der Waals surface area contributed by atoms with Crippen LogP contribution in [-0.2, 0) is 4.79 Å². The predicted octanol–water partition coefficient (Wildman–Crippen LogP) is 1.88. The number of nitrogens with one attached hydrogen (secondary N) is 2. The molecular weight excluding hydrogens is 287 g/mol. The maximum absolute atomic E-state index is 12.0. The van der Waals surface area contributed by atoms with Crippen molar-refractivity contribution in [3.8, 4) is 5.88 Å². The lowest BCUT2D eigenvalue weighted by atomic mass is 10.0. The second-order valence-electron chi connectivity index (χ2n) is 4.58. The average Bonchev–Trinajstić information content (AvgIpc) is 2.35. The molecule has 2 rings (SSSR count). The lowest BCUT2D eigenvalue weighted by molar-refractivity contribution is -0.154. The third kappa shape index (κ3) is 4.45. The largest absolute Gasteiger partial charge is 0.468 e. The molecule has 21 heavy (non-hydrogen) atoms. The molecule has 0 radical (unpaired) electrons. The topological polar surface area (TPSA) is 63.2 Å². The van der Waals surface area contributed by atoms with Crippen molar-refractivity contribution >= 4 is 11.6 Å². The molecule has 1 fully saturated rings. The Kier molecular flexibility index (Phi) is 4.46. The van der Waals surface area contributed by atoms with E-state index in [2.05, 4.69) is 20.4 Å². The van der Waals surface area contributed by atoms with Crippen molar-refractivity contribution in [3.63, 3.8) is 0 Å². The molecule has 2 heterocycles. The number of alkyl halides is 3. The fourth-order valence-electron chi connectivity index (χ4n) is 1.60. The fourth-order valence-corrected chi connectivity index (χ4v) is 1.60. The van der Waals surface area contributed by atoms with Gasteiger partial charge in [0.2, 0.25) is 5.88 Å². The van der Waals surface area contributed by atoms with Crippen LogP contribution in [0.25, 0.3) is 0 Å². The van der Waals surface area contributed by atoms with E-state index in [1.54, 1.807) is 6.92 Å². The monoisotopic (exact) mass is 301 g/mol. The summed E-state index contributed by atoms with van der Waals surface area (Å²) in [7, 11) is 0. The van der Waals surface area contributed by atoms with Gasteiger partial charge < -0.3 is 15.4 Å². The smallest absolute Gasteiger partial charge is 0.422 e. The van der Waals surface area contributed by atoms with Gasteiger partial charge in [0.05, 0.1) is 11.9 Å². The number of nitrogens with zero attached hydrogens (tertiary/aromatic N) is 1. The van der Waals surface area contributed by atoms with Gasteiger partial charge in [0, 0.05) is 24.7 Å². The molecule has 0 atom stereocenters. The number of ether oxygens (including phenoxy) is 1. The van der Waals surface area contributed by atoms with Gasteiger partial charge in [-0.3, -0.25) is 4.79 Å². The molecule has 5 nitrogen and oxygen atoms in total. The minimum absolute atomic E-state index is 0.149. The van der Waals surface area contributed by atoms with Gasteiger partial charge in [-0.15, -0.1) is 0 Å². The standard InChI is InChI=1S/C13H14F3N3O2/c1-8(9-4-17-5-9)12(20)19-10-2-3-11(18-6-10)21-7-13(14,15)16/h2-3,6,17H,4-5,7H2,1H3,(H,19,20). The predicted molar refractivity (Wildman–Crippen MR) is 70.0 cm³/mol. The molecule has 0 aliphatic carbocycles. The quantitative estimate of drug-likeness (QED) is 0.834. The van der Waals surface area contributed by atoms with E-state index >= 15 is 0 Å². The number of pyridine rings is 1. The SMILES string of the molecule is CC(C(=O)Nc1ccc(OCC(F)(F)F)nc1)=C1CNC1. The van der Waals surface area contributed by atoms with Crippen LogP contribution in [0.4, 0.5) is 18.9 Å². The van der Waals surface area contributed by atoms with Crippen LogP contribution in [0.15, 0.2) is 29.5 Å². The van der Waals surface area contributed by atoms with E-state index in [0.29, 0.717) is 24.4 Å². The van der Waals surface area contributed by atoms with Crippen LogP contribution < -0.4 is 15.4 Å². The second-order valence-corrected chi connectivity index (χ2v) is 4.58. The van der Waals surface area contributed by atoms with Crippen LogP contribution in [0.5, 0.6) is 5.88 Å². The molecule has 0 spiro atoms. The van der Waals surface area contributed by atoms with Gasteiger partial charge in [0.25, 0.3) is 5.91 Å². The first kappa shape index (κ1) is 15.3. The second kappa shape index (κ2) is 6.13. The summed E-state index contributed by atoms with van der Waals surface area (Å²) in [4.78, 5) is 15.6. The summed E-state index contributed by atoms with van der Waals surface area (Å²) in [6, 6.07) is 2.71.